The Bertz CT molecular complexity index is 605. The SMILES string of the molecule is CSC1(CNCc2nn(C)c3ccccc23)CCOCC1. The van der Waals surface area contributed by atoms with Crippen molar-refractivity contribution >= 4 is 22.7 Å². The summed E-state index contributed by atoms with van der Waals surface area (Å²) in [6.07, 6.45) is 4.47. The minimum Gasteiger partial charge on any atom is -0.381 e. The molecule has 1 saturated heterocycles. The van der Waals surface area contributed by atoms with E-state index < -0.39 is 0 Å². The van der Waals surface area contributed by atoms with Crippen LogP contribution in [0.2, 0.25) is 0 Å². The summed E-state index contributed by atoms with van der Waals surface area (Å²) in [5, 5.41) is 9.51. The highest BCUT2D eigenvalue weighted by Gasteiger charge is 2.31. The van der Waals surface area contributed by atoms with Crippen LogP contribution in [0, 0.1) is 0 Å². The Morgan fingerprint density at radius 3 is 2.86 bits per heavy atom. The molecule has 5 heteroatoms. The zero-order chi connectivity index (χ0) is 14.7. The van der Waals surface area contributed by atoms with E-state index in [-0.39, 0.29) is 0 Å². The molecule has 1 aliphatic rings. The van der Waals surface area contributed by atoms with Gasteiger partial charge in [-0.3, -0.25) is 4.68 Å². The number of hydrogen-bond acceptors (Lipinski definition) is 4. The number of nitrogens with zero attached hydrogens (tertiary/aromatic N) is 2. The molecule has 0 spiro atoms. The molecule has 1 aromatic carbocycles. The highest BCUT2D eigenvalue weighted by molar-refractivity contribution is 8.00. The normalized spacial score (nSPS) is 18.2. The van der Waals surface area contributed by atoms with Gasteiger partial charge in [-0.05, 0) is 25.2 Å². The van der Waals surface area contributed by atoms with Gasteiger partial charge < -0.3 is 10.1 Å². The van der Waals surface area contributed by atoms with Crippen molar-refractivity contribution in [3.05, 3.63) is 30.0 Å². The van der Waals surface area contributed by atoms with Gasteiger partial charge in [0.2, 0.25) is 0 Å². The molecule has 0 amide bonds. The van der Waals surface area contributed by atoms with E-state index in [1.165, 1.54) is 10.9 Å². The van der Waals surface area contributed by atoms with Crippen LogP contribution in [0.3, 0.4) is 0 Å². The number of aryl methyl sites for hydroxylation is 1. The van der Waals surface area contributed by atoms with E-state index in [4.69, 9.17) is 4.74 Å². The molecular weight excluding hydrogens is 282 g/mol. The predicted molar refractivity (Wildman–Crippen MR) is 88.7 cm³/mol. The van der Waals surface area contributed by atoms with Crippen LogP contribution in [0.15, 0.2) is 24.3 Å². The molecule has 0 saturated carbocycles. The van der Waals surface area contributed by atoms with E-state index in [1.54, 1.807) is 0 Å². The maximum absolute atomic E-state index is 5.50. The van der Waals surface area contributed by atoms with Crippen molar-refractivity contribution in [2.75, 3.05) is 26.0 Å². The average molecular weight is 305 g/mol. The van der Waals surface area contributed by atoms with Gasteiger partial charge in [-0.1, -0.05) is 18.2 Å². The summed E-state index contributed by atoms with van der Waals surface area (Å²) in [5.74, 6) is 0. The van der Waals surface area contributed by atoms with Gasteiger partial charge in [0.25, 0.3) is 0 Å². The summed E-state index contributed by atoms with van der Waals surface area (Å²) >= 11 is 1.97. The third-order valence-corrected chi connectivity index (χ3v) is 5.83. The van der Waals surface area contributed by atoms with Crippen molar-refractivity contribution in [1.29, 1.82) is 0 Å². The summed E-state index contributed by atoms with van der Waals surface area (Å²) in [7, 11) is 2.01. The van der Waals surface area contributed by atoms with Crippen LogP contribution in [0.1, 0.15) is 18.5 Å². The van der Waals surface area contributed by atoms with Gasteiger partial charge in [-0.25, -0.2) is 0 Å². The number of rotatable bonds is 5. The number of ether oxygens (including phenoxy) is 1. The van der Waals surface area contributed by atoms with Gasteiger partial charge in [-0.2, -0.15) is 16.9 Å². The van der Waals surface area contributed by atoms with Crippen LogP contribution >= 0.6 is 11.8 Å². The number of nitrogens with one attached hydrogen (secondary N) is 1. The van der Waals surface area contributed by atoms with Crippen molar-refractivity contribution in [3.63, 3.8) is 0 Å². The van der Waals surface area contributed by atoms with Crippen molar-refractivity contribution in [1.82, 2.24) is 15.1 Å². The zero-order valence-corrected chi connectivity index (χ0v) is 13.6. The third-order valence-electron chi connectivity index (χ3n) is 4.41. The molecule has 2 heterocycles. The molecule has 1 N–H and O–H groups in total. The Morgan fingerprint density at radius 2 is 2.10 bits per heavy atom. The summed E-state index contributed by atoms with van der Waals surface area (Å²) in [6.45, 7) is 3.61. The van der Waals surface area contributed by atoms with Gasteiger partial charge in [0.05, 0.1) is 11.2 Å². The summed E-state index contributed by atoms with van der Waals surface area (Å²) < 4.78 is 7.78. The summed E-state index contributed by atoms with van der Waals surface area (Å²) in [4.78, 5) is 0. The standard InChI is InChI=1S/C16H23N3OS/c1-19-15-6-4-3-5-13(15)14(18-19)11-17-12-16(21-2)7-9-20-10-8-16/h3-6,17H,7-12H2,1-2H3. The Labute approximate surface area is 130 Å². The van der Waals surface area contributed by atoms with E-state index in [0.717, 1.165) is 44.8 Å². The summed E-state index contributed by atoms with van der Waals surface area (Å²) in [5.41, 5.74) is 2.33. The predicted octanol–water partition coefficient (Wildman–Crippen LogP) is 2.58. The van der Waals surface area contributed by atoms with Gasteiger partial charge in [-0.15, -0.1) is 0 Å². The first kappa shape index (κ1) is 14.9. The molecule has 114 valence electrons. The number of para-hydroxylation sites is 1. The lowest BCUT2D eigenvalue weighted by Crippen LogP contribution is -2.42. The van der Waals surface area contributed by atoms with E-state index in [0.29, 0.717) is 4.75 Å². The molecule has 4 nitrogen and oxygen atoms in total. The second-order valence-corrected chi connectivity index (χ2v) is 6.96. The van der Waals surface area contributed by atoms with Crippen LogP contribution in [-0.2, 0) is 18.3 Å². The Hall–Kier alpha value is -1.04. The monoisotopic (exact) mass is 305 g/mol. The van der Waals surface area contributed by atoms with E-state index in [1.807, 2.05) is 23.5 Å². The third kappa shape index (κ3) is 3.10. The minimum atomic E-state index is 0.322. The molecule has 0 unspecified atom stereocenters. The number of benzene rings is 1. The number of aromatic nitrogens is 2. The molecule has 1 aliphatic heterocycles. The first-order valence-electron chi connectivity index (χ1n) is 7.48. The Balaban J connectivity index is 1.66. The van der Waals surface area contributed by atoms with Crippen molar-refractivity contribution in [3.8, 4) is 0 Å². The average Bonchev–Trinajstić information content (AvgIpc) is 2.85. The van der Waals surface area contributed by atoms with Gasteiger partial charge in [0.1, 0.15) is 0 Å². The molecule has 0 radical (unpaired) electrons. The lowest BCUT2D eigenvalue weighted by Gasteiger charge is -2.35. The van der Waals surface area contributed by atoms with Crippen LogP contribution in [0.4, 0.5) is 0 Å². The fraction of sp³-hybridized carbons (Fsp3) is 0.562. The Kier molecular flexibility index (Phi) is 4.52. The molecule has 21 heavy (non-hydrogen) atoms. The van der Waals surface area contributed by atoms with Crippen LogP contribution in [0.5, 0.6) is 0 Å². The molecule has 0 bridgehead atoms. The Morgan fingerprint density at radius 1 is 1.33 bits per heavy atom. The van der Waals surface area contributed by atoms with Crippen LogP contribution in [-0.4, -0.2) is 40.5 Å². The van der Waals surface area contributed by atoms with Gasteiger partial charge in [0.15, 0.2) is 0 Å². The van der Waals surface area contributed by atoms with Crippen molar-refractivity contribution in [2.24, 2.45) is 7.05 Å². The first-order chi connectivity index (χ1) is 10.2. The number of thioether (sulfide) groups is 1. The lowest BCUT2D eigenvalue weighted by molar-refractivity contribution is 0.0772. The topological polar surface area (TPSA) is 39.1 Å². The van der Waals surface area contributed by atoms with Gasteiger partial charge in [0, 0.05) is 43.5 Å². The maximum atomic E-state index is 5.50. The quantitative estimate of drug-likeness (QED) is 0.921. The van der Waals surface area contributed by atoms with E-state index >= 15 is 0 Å². The second-order valence-electron chi connectivity index (χ2n) is 5.69. The zero-order valence-electron chi connectivity index (χ0n) is 12.8. The summed E-state index contributed by atoms with van der Waals surface area (Å²) in [6, 6.07) is 8.41. The first-order valence-corrected chi connectivity index (χ1v) is 8.71. The van der Waals surface area contributed by atoms with E-state index in [2.05, 4.69) is 40.9 Å². The molecule has 2 aromatic rings. The fourth-order valence-electron chi connectivity index (χ4n) is 3.02. The fourth-order valence-corrected chi connectivity index (χ4v) is 3.85. The molecule has 0 atom stereocenters. The minimum absolute atomic E-state index is 0.322. The lowest BCUT2D eigenvalue weighted by atomic mass is 9.99. The van der Waals surface area contributed by atoms with Crippen molar-refractivity contribution < 1.29 is 4.74 Å². The molecular formula is C16H23N3OS. The molecule has 3 rings (SSSR count). The number of hydrogen-bond donors (Lipinski definition) is 1. The van der Waals surface area contributed by atoms with Crippen LogP contribution in [0.25, 0.3) is 10.9 Å². The highest BCUT2D eigenvalue weighted by atomic mass is 32.2. The number of fused-ring (bicyclic) bond motifs is 1. The van der Waals surface area contributed by atoms with Gasteiger partial charge >= 0.3 is 0 Å². The molecule has 1 fully saturated rings. The van der Waals surface area contributed by atoms with Crippen LogP contribution < -0.4 is 5.32 Å². The largest absolute Gasteiger partial charge is 0.381 e. The second kappa shape index (κ2) is 6.38. The maximum Gasteiger partial charge on any atom is 0.0841 e. The van der Waals surface area contributed by atoms with Crippen molar-refractivity contribution in [2.45, 2.75) is 24.1 Å². The smallest absolute Gasteiger partial charge is 0.0841 e. The molecule has 1 aromatic heterocycles. The van der Waals surface area contributed by atoms with E-state index in [9.17, 15) is 0 Å². The molecule has 0 aliphatic carbocycles. The highest BCUT2D eigenvalue weighted by Crippen LogP contribution is 2.33.